The maximum Gasteiger partial charge on any atom is 0.374 e. The third-order valence-corrected chi connectivity index (χ3v) is 6.43. The summed E-state index contributed by atoms with van der Waals surface area (Å²) >= 11 is 0. The summed E-state index contributed by atoms with van der Waals surface area (Å²) in [5.41, 5.74) is 6.76. The van der Waals surface area contributed by atoms with Gasteiger partial charge in [-0.15, -0.1) is 0 Å². The van der Waals surface area contributed by atoms with Crippen molar-refractivity contribution in [3.05, 3.63) is 29.5 Å². The van der Waals surface area contributed by atoms with Gasteiger partial charge in [-0.1, -0.05) is 6.42 Å². The van der Waals surface area contributed by atoms with E-state index >= 15 is 0 Å². The number of hydrogen-bond acceptors (Lipinski definition) is 6. The van der Waals surface area contributed by atoms with Crippen LogP contribution in [0.5, 0.6) is 0 Å². The molecule has 1 saturated carbocycles. The number of esters is 1. The number of nitrogens with two attached hydrogens (primary N) is 1. The van der Waals surface area contributed by atoms with E-state index < -0.39 is 16.0 Å². The van der Waals surface area contributed by atoms with Crippen LogP contribution in [0, 0.1) is 12.8 Å². The van der Waals surface area contributed by atoms with E-state index in [-0.39, 0.29) is 29.2 Å². The molecular formula is C18H24N2O5S. The molecule has 1 heterocycles. The maximum atomic E-state index is 12.8. The van der Waals surface area contributed by atoms with Gasteiger partial charge in [0.2, 0.25) is 15.8 Å². The van der Waals surface area contributed by atoms with Crippen molar-refractivity contribution in [1.82, 2.24) is 4.72 Å². The Morgan fingerprint density at radius 1 is 1.38 bits per heavy atom. The van der Waals surface area contributed by atoms with Gasteiger partial charge in [0.25, 0.3) is 0 Å². The Kier molecular flexibility index (Phi) is 5.36. The lowest BCUT2D eigenvalue weighted by molar-refractivity contribution is 0.0491. The van der Waals surface area contributed by atoms with Gasteiger partial charge < -0.3 is 14.9 Å². The fourth-order valence-electron chi connectivity index (χ4n) is 3.50. The van der Waals surface area contributed by atoms with Crippen molar-refractivity contribution in [1.29, 1.82) is 0 Å². The van der Waals surface area contributed by atoms with Crippen molar-refractivity contribution in [3.63, 3.8) is 0 Å². The average Bonchev–Trinajstić information content (AvgIpc) is 3.18. The van der Waals surface area contributed by atoms with Gasteiger partial charge in [0, 0.05) is 17.0 Å². The van der Waals surface area contributed by atoms with Crippen molar-refractivity contribution >= 4 is 27.0 Å². The molecule has 0 spiro atoms. The van der Waals surface area contributed by atoms with Crippen LogP contribution in [0.25, 0.3) is 11.0 Å². The molecule has 26 heavy (non-hydrogen) atoms. The van der Waals surface area contributed by atoms with Crippen LogP contribution in [-0.2, 0) is 14.8 Å². The highest BCUT2D eigenvalue weighted by Gasteiger charge is 2.30. The fourth-order valence-corrected chi connectivity index (χ4v) is 4.87. The first kappa shape index (κ1) is 18.9. The number of furan rings is 1. The van der Waals surface area contributed by atoms with Crippen LogP contribution in [0.2, 0.25) is 0 Å². The molecule has 2 aromatic rings. The summed E-state index contributed by atoms with van der Waals surface area (Å²) in [6.07, 6.45) is 2.70. The van der Waals surface area contributed by atoms with E-state index in [0.717, 1.165) is 19.3 Å². The largest absolute Gasteiger partial charge is 0.460 e. The van der Waals surface area contributed by atoms with E-state index in [1.807, 2.05) is 0 Å². The third kappa shape index (κ3) is 3.49. The highest BCUT2D eigenvalue weighted by molar-refractivity contribution is 7.89. The monoisotopic (exact) mass is 380 g/mol. The van der Waals surface area contributed by atoms with Gasteiger partial charge in [-0.3, -0.25) is 0 Å². The zero-order chi connectivity index (χ0) is 18.9. The van der Waals surface area contributed by atoms with Crippen LogP contribution in [0.15, 0.2) is 27.5 Å². The summed E-state index contributed by atoms with van der Waals surface area (Å²) in [4.78, 5) is 12.1. The van der Waals surface area contributed by atoms with Gasteiger partial charge in [-0.25, -0.2) is 17.9 Å². The summed E-state index contributed by atoms with van der Waals surface area (Å²) < 4.78 is 38.8. The summed E-state index contributed by atoms with van der Waals surface area (Å²) in [6.45, 7) is 4.13. The minimum atomic E-state index is -3.68. The van der Waals surface area contributed by atoms with E-state index in [1.54, 1.807) is 19.9 Å². The normalized spacial score (nSPS) is 20.6. The standard InChI is InChI=1S/C18H24N2O5S/c1-3-24-18(21)17-11(2)14-9-13(7-8-16(14)25-17)26(22,23)20-15-6-4-5-12(15)10-19/h7-9,12,15,20H,3-6,10,19H2,1-2H3. The minimum Gasteiger partial charge on any atom is -0.460 e. The number of nitrogens with one attached hydrogen (secondary N) is 1. The Morgan fingerprint density at radius 3 is 2.85 bits per heavy atom. The number of rotatable bonds is 6. The van der Waals surface area contributed by atoms with Crippen LogP contribution >= 0.6 is 0 Å². The van der Waals surface area contributed by atoms with E-state index in [1.165, 1.54) is 12.1 Å². The molecule has 8 heteroatoms. The van der Waals surface area contributed by atoms with Gasteiger partial charge in [-0.2, -0.15) is 0 Å². The molecule has 0 radical (unpaired) electrons. The topological polar surface area (TPSA) is 112 Å². The lowest BCUT2D eigenvalue weighted by Gasteiger charge is -2.19. The minimum absolute atomic E-state index is 0.100. The Morgan fingerprint density at radius 2 is 2.15 bits per heavy atom. The number of carbonyl (C=O) groups is 1. The van der Waals surface area contributed by atoms with Gasteiger partial charge in [0.05, 0.1) is 11.5 Å². The van der Waals surface area contributed by atoms with Crippen molar-refractivity contribution in [2.45, 2.75) is 44.0 Å². The Balaban J connectivity index is 1.93. The molecule has 3 rings (SSSR count). The zero-order valence-corrected chi connectivity index (χ0v) is 15.8. The number of ether oxygens (including phenoxy) is 1. The molecule has 2 atom stereocenters. The molecule has 0 amide bonds. The molecule has 2 unspecified atom stereocenters. The van der Waals surface area contributed by atoms with Gasteiger partial charge >= 0.3 is 5.97 Å². The van der Waals surface area contributed by atoms with Gasteiger partial charge in [0.1, 0.15) is 5.58 Å². The van der Waals surface area contributed by atoms with Crippen molar-refractivity contribution in [2.75, 3.05) is 13.2 Å². The second-order valence-electron chi connectivity index (χ2n) is 6.59. The molecule has 142 valence electrons. The van der Waals surface area contributed by atoms with Gasteiger partial charge in [0.15, 0.2) is 0 Å². The molecule has 0 aliphatic heterocycles. The summed E-state index contributed by atoms with van der Waals surface area (Å²) in [7, 11) is -3.68. The Bertz CT molecular complexity index is 919. The Labute approximate surface area is 152 Å². The summed E-state index contributed by atoms with van der Waals surface area (Å²) in [6, 6.07) is 4.44. The molecule has 1 aromatic carbocycles. The van der Waals surface area contributed by atoms with E-state index in [4.69, 9.17) is 14.9 Å². The molecule has 1 aliphatic rings. The zero-order valence-electron chi connectivity index (χ0n) is 14.9. The third-order valence-electron chi connectivity index (χ3n) is 4.95. The first-order valence-electron chi connectivity index (χ1n) is 8.80. The van der Waals surface area contributed by atoms with Crippen LogP contribution < -0.4 is 10.5 Å². The maximum absolute atomic E-state index is 12.8. The lowest BCUT2D eigenvalue weighted by Crippen LogP contribution is -2.39. The first-order chi connectivity index (χ1) is 12.4. The molecule has 7 nitrogen and oxygen atoms in total. The second-order valence-corrected chi connectivity index (χ2v) is 8.30. The molecule has 0 bridgehead atoms. The van der Waals surface area contributed by atoms with Crippen molar-refractivity contribution in [2.24, 2.45) is 11.7 Å². The summed E-state index contributed by atoms with van der Waals surface area (Å²) in [5.74, 6) is -0.289. The number of hydrogen-bond donors (Lipinski definition) is 2. The smallest absolute Gasteiger partial charge is 0.374 e. The van der Waals surface area contributed by atoms with E-state index in [0.29, 0.717) is 23.1 Å². The van der Waals surface area contributed by atoms with Crippen molar-refractivity contribution in [3.8, 4) is 0 Å². The number of sulfonamides is 1. The molecule has 1 aliphatic carbocycles. The average molecular weight is 380 g/mol. The quantitative estimate of drug-likeness (QED) is 0.744. The van der Waals surface area contributed by atoms with E-state index in [2.05, 4.69) is 4.72 Å². The SMILES string of the molecule is CCOC(=O)c1oc2ccc(S(=O)(=O)NC3CCCC3CN)cc2c1C. The first-order valence-corrected chi connectivity index (χ1v) is 10.3. The van der Waals surface area contributed by atoms with Crippen LogP contribution in [0.4, 0.5) is 0 Å². The molecule has 3 N–H and O–H groups in total. The number of fused-ring (bicyclic) bond motifs is 1. The number of aryl methyl sites for hydroxylation is 1. The lowest BCUT2D eigenvalue weighted by atomic mass is 10.1. The van der Waals surface area contributed by atoms with Gasteiger partial charge in [-0.05, 0) is 57.4 Å². The van der Waals surface area contributed by atoms with Crippen LogP contribution in [0.3, 0.4) is 0 Å². The molecule has 1 fully saturated rings. The predicted molar refractivity (Wildman–Crippen MR) is 97.4 cm³/mol. The Hall–Kier alpha value is -1.90. The van der Waals surface area contributed by atoms with Crippen molar-refractivity contribution < 1.29 is 22.4 Å². The van der Waals surface area contributed by atoms with Crippen LogP contribution in [0.1, 0.15) is 42.3 Å². The second kappa shape index (κ2) is 7.38. The molecule has 1 aromatic heterocycles. The summed E-state index contributed by atoms with van der Waals surface area (Å²) in [5, 5.41) is 0.581. The number of carbonyl (C=O) groups excluding carboxylic acids is 1. The molecular weight excluding hydrogens is 356 g/mol. The fraction of sp³-hybridized carbons (Fsp3) is 0.500. The van der Waals surface area contributed by atoms with E-state index in [9.17, 15) is 13.2 Å². The predicted octanol–water partition coefficient (Wildman–Crippen LogP) is 2.32. The highest BCUT2D eigenvalue weighted by atomic mass is 32.2. The highest BCUT2D eigenvalue weighted by Crippen LogP contribution is 2.30. The molecule has 0 saturated heterocycles. The van der Waals surface area contributed by atoms with Crippen LogP contribution in [-0.4, -0.2) is 33.6 Å². The number of benzene rings is 1.